The second kappa shape index (κ2) is 6.06. The van der Waals surface area contributed by atoms with E-state index in [1.165, 1.54) is 4.90 Å². The highest BCUT2D eigenvalue weighted by atomic mass is 79.9. The molecule has 0 aromatic heterocycles. The van der Waals surface area contributed by atoms with Gasteiger partial charge in [-0.1, -0.05) is 28.1 Å². The van der Waals surface area contributed by atoms with E-state index in [0.717, 1.165) is 15.2 Å². The molecule has 1 atom stereocenters. The van der Waals surface area contributed by atoms with Crippen molar-refractivity contribution in [2.75, 3.05) is 19.7 Å². The maximum absolute atomic E-state index is 12.5. The van der Waals surface area contributed by atoms with Gasteiger partial charge in [-0.15, -0.1) is 0 Å². The molecule has 3 rings (SSSR count). The van der Waals surface area contributed by atoms with Crippen LogP contribution in [0.15, 0.2) is 40.9 Å². The zero-order chi connectivity index (χ0) is 15.7. The van der Waals surface area contributed by atoms with Crippen molar-refractivity contribution in [3.8, 4) is 0 Å². The van der Waals surface area contributed by atoms with Crippen LogP contribution in [0.2, 0.25) is 0 Å². The summed E-state index contributed by atoms with van der Waals surface area (Å²) in [5.41, 5.74) is 0.556. The second-order valence-electron chi connectivity index (χ2n) is 5.16. The smallest absolute Gasteiger partial charge is 0.334 e. The molecular formula is C16H14BrNO4. The number of rotatable bonds is 2. The fraction of sp³-hybridized carbons (Fsp3) is 0.250. The molecule has 1 aliphatic heterocycles. The second-order valence-corrected chi connectivity index (χ2v) is 6.07. The summed E-state index contributed by atoms with van der Waals surface area (Å²) in [7, 11) is 0. The number of benzene rings is 2. The largest absolute Gasteiger partial charge is 0.479 e. The number of nitrogens with zero attached hydrogens (tertiary/aromatic N) is 1. The highest BCUT2D eigenvalue weighted by molar-refractivity contribution is 9.10. The van der Waals surface area contributed by atoms with Gasteiger partial charge in [0.25, 0.3) is 5.91 Å². The predicted molar refractivity (Wildman–Crippen MR) is 84.9 cm³/mol. The van der Waals surface area contributed by atoms with Crippen LogP contribution in [0.5, 0.6) is 0 Å². The molecule has 2 aromatic rings. The quantitative estimate of drug-likeness (QED) is 0.890. The fourth-order valence-electron chi connectivity index (χ4n) is 2.52. The van der Waals surface area contributed by atoms with Gasteiger partial charge in [-0.2, -0.15) is 0 Å². The van der Waals surface area contributed by atoms with Crippen molar-refractivity contribution in [3.63, 3.8) is 0 Å². The topological polar surface area (TPSA) is 66.8 Å². The van der Waals surface area contributed by atoms with E-state index in [2.05, 4.69) is 15.9 Å². The van der Waals surface area contributed by atoms with Crippen molar-refractivity contribution in [1.82, 2.24) is 4.90 Å². The highest BCUT2D eigenvalue weighted by Gasteiger charge is 2.29. The van der Waals surface area contributed by atoms with E-state index in [4.69, 9.17) is 9.84 Å². The van der Waals surface area contributed by atoms with Crippen molar-refractivity contribution in [1.29, 1.82) is 0 Å². The number of carbonyl (C=O) groups excluding carboxylic acids is 1. The summed E-state index contributed by atoms with van der Waals surface area (Å²) >= 11 is 3.42. The molecule has 0 spiro atoms. The van der Waals surface area contributed by atoms with Gasteiger partial charge in [-0.25, -0.2) is 4.79 Å². The summed E-state index contributed by atoms with van der Waals surface area (Å²) in [5, 5.41) is 11.0. The molecule has 5 nitrogen and oxygen atoms in total. The molecule has 114 valence electrons. The number of morpholine rings is 1. The first-order valence-electron chi connectivity index (χ1n) is 6.87. The van der Waals surface area contributed by atoms with Crippen LogP contribution in [-0.4, -0.2) is 47.7 Å². The van der Waals surface area contributed by atoms with Gasteiger partial charge < -0.3 is 14.7 Å². The minimum Gasteiger partial charge on any atom is -0.479 e. The number of fused-ring (bicyclic) bond motifs is 1. The molecule has 0 saturated carbocycles. The molecule has 1 unspecified atom stereocenters. The number of carboxylic acids is 1. The molecule has 1 saturated heterocycles. The molecule has 0 bridgehead atoms. The fourth-order valence-corrected chi connectivity index (χ4v) is 2.89. The Bertz CT molecular complexity index is 746. The average molecular weight is 364 g/mol. The third kappa shape index (κ3) is 2.98. The third-order valence-corrected chi connectivity index (χ3v) is 4.17. The van der Waals surface area contributed by atoms with Crippen LogP contribution in [0, 0.1) is 0 Å². The number of aliphatic carboxylic acids is 1. The zero-order valence-corrected chi connectivity index (χ0v) is 13.2. The molecule has 1 amide bonds. The Labute approximate surface area is 135 Å². The summed E-state index contributed by atoms with van der Waals surface area (Å²) in [4.78, 5) is 25.1. The number of carboxylic acid groups (broad SMARTS) is 1. The number of ether oxygens (including phenoxy) is 1. The monoisotopic (exact) mass is 363 g/mol. The van der Waals surface area contributed by atoms with Gasteiger partial charge in [0.1, 0.15) is 0 Å². The predicted octanol–water partition coefficient (Wildman–Crippen LogP) is 2.53. The lowest BCUT2D eigenvalue weighted by atomic mass is 10.1. The molecule has 1 N–H and O–H groups in total. The van der Waals surface area contributed by atoms with E-state index in [9.17, 15) is 9.59 Å². The van der Waals surface area contributed by atoms with Gasteiger partial charge in [-0.3, -0.25) is 4.79 Å². The van der Waals surface area contributed by atoms with Gasteiger partial charge in [0, 0.05) is 16.6 Å². The van der Waals surface area contributed by atoms with E-state index in [1.54, 1.807) is 6.07 Å². The van der Waals surface area contributed by atoms with Crippen LogP contribution in [0.3, 0.4) is 0 Å². The minimum absolute atomic E-state index is 0.0759. The molecule has 2 aromatic carbocycles. The number of amides is 1. The summed E-state index contributed by atoms with van der Waals surface area (Å²) in [5.74, 6) is -1.21. The van der Waals surface area contributed by atoms with Crippen LogP contribution < -0.4 is 0 Å². The van der Waals surface area contributed by atoms with Crippen LogP contribution in [0.4, 0.5) is 0 Å². The lowest BCUT2D eigenvalue weighted by Crippen LogP contribution is -2.48. The zero-order valence-electron chi connectivity index (χ0n) is 11.7. The van der Waals surface area contributed by atoms with Gasteiger partial charge in [0.05, 0.1) is 13.2 Å². The molecule has 1 aliphatic rings. The minimum atomic E-state index is -1.04. The first-order valence-corrected chi connectivity index (χ1v) is 7.67. The maximum atomic E-state index is 12.5. The molecule has 1 fully saturated rings. The molecule has 1 heterocycles. The highest BCUT2D eigenvalue weighted by Crippen LogP contribution is 2.22. The van der Waals surface area contributed by atoms with Crippen molar-refractivity contribution in [2.45, 2.75) is 6.10 Å². The molecule has 22 heavy (non-hydrogen) atoms. The first kappa shape index (κ1) is 15.0. The van der Waals surface area contributed by atoms with Crippen LogP contribution in [0.25, 0.3) is 10.8 Å². The van der Waals surface area contributed by atoms with E-state index < -0.39 is 12.1 Å². The van der Waals surface area contributed by atoms with Crippen molar-refractivity contribution >= 4 is 38.6 Å². The third-order valence-electron chi connectivity index (χ3n) is 3.68. The molecule has 0 aliphatic carbocycles. The van der Waals surface area contributed by atoms with Crippen LogP contribution in [-0.2, 0) is 9.53 Å². The van der Waals surface area contributed by atoms with Gasteiger partial charge in [0.2, 0.25) is 0 Å². The standard InChI is InChI=1S/C16H14BrNO4/c17-13-4-3-10-7-12(2-1-11(10)8-13)15(19)18-5-6-22-14(9-18)16(20)21/h1-4,7-8,14H,5-6,9H2,(H,20,21). The van der Waals surface area contributed by atoms with Crippen molar-refractivity contribution < 1.29 is 19.4 Å². The van der Waals surface area contributed by atoms with Crippen LogP contribution >= 0.6 is 15.9 Å². The van der Waals surface area contributed by atoms with E-state index in [1.807, 2.05) is 30.3 Å². The Balaban J connectivity index is 1.85. The maximum Gasteiger partial charge on any atom is 0.334 e. The average Bonchev–Trinajstić information content (AvgIpc) is 2.53. The number of carbonyl (C=O) groups is 2. The SMILES string of the molecule is O=C(O)C1CN(C(=O)c2ccc3cc(Br)ccc3c2)CCO1. The molecule has 6 heteroatoms. The lowest BCUT2D eigenvalue weighted by Gasteiger charge is -2.31. The van der Waals surface area contributed by atoms with E-state index >= 15 is 0 Å². The van der Waals surface area contributed by atoms with Crippen LogP contribution in [0.1, 0.15) is 10.4 Å². The molecule has 0 radical (unpaired) electrons. The molecular weight excluding hydrogens is 350 g/mol. The lowest BCUT2D eigenvalue weighted by molar-refractivity contribution is -0.154. The Morgan fingerprint density at radius 1 is 1.18 bits per heavy atom. The number of hydrogen-bond donors (Lipinski definition) is 1. The van der Waals surface area contributed by atoms with Gasteiger partial charge in [0.15, 0.2) is 6.10 Å². The van der Waals surface area contributed by atoms with Crippen molar-refractivity contribution in [2.24, 2.45) is 0 Å². The van der Waals surface area contributed by atoms with Crippen molar-refractivity contribution in [3.05, 3.63) is 46.4 Å². The number of hydrogen-bond acceptors (Lipinski definition) is 3. The Kier molecular flexibility index (Phi) is 4.13. The number of halogens is 1. The van der Waals surface area contributed by atoms with Gasteiger partial charge >= 0.3 is 5.97 Å². The van der Waals surface area contributed by atoms with Gasteiger partial charge in [-0.05, 0) is 35.0 Å². The summed E-state index contributed by atoms with van der Waals surface area (Å²) in [6.07, 6.45) is -0.950. The normalized spacial score (nSPS) is 18.4. The summed E-state index contributed by atoms with van der Waals surface area (Å²) in [6.45, 7) is 0.719. The summed E-state index contributed by atoms with van der Waals surface area (Å²) < 4.78 is 6.12. The first-order chi connectivity index (χ1) is 10.5. The van der Waals surface area contributed by atoms with E-state index in [0.29, 0.717) is 12.1 Å². The Morgan fingerprint density at radius 2 is 1.91 bits per heavy atom. The Hall–Kier alpha value is -1.92. The summed E-state index contributed by atoms with van der Waals surface area (Å²) in [6, 6.07) is 11.3. The Morgan fingerprint density at radius 3 is 2.68 bits per heavy atom. The van der Waals surface area contributed by atoms with E-state index in [-0.39, 0.29) is 19.1 Å².